The second-order valence-corrected chi connectivity index (χ2v) is 6.02. The molecule has 24 heavy (non-hydrogen) atoms. The van der Waals surface area contributed by atoms with Crippen molar-refractivity contribution in [2.75, 3.05) is 29.9 Å². The number of halogens is 1. The van der Waals surface area contributed by atoms with Gasteiger partial charge in [0.25, 0.3) is 0 Å². The summed E-state index contributed by atoms with van der Waals surface area (Å²) < 4.78 is 0. The molecule has 0 fully saturated rings. The lowest BCUT2D eigenvalue weighted by Crippen LogP contribution is -2.36. The number of anilines is 2. The molecule has 1 amide bonds. The number of fused-ring (bicyclic) bond motifs is 1. The maximum Gasteiger partial charge on any atom is 0.243 e. The van der Waals surface area contributed by atoms with Gasteiger partial charge in [-0.05, 0) is 42.7 Å². The Labute approximate surface area is 149 Å². The molecule has 2 N–H and O–H groups in total. The van der Waals surface area contributed by atoms with E-state index in [-0.39, 0.29) is 18.3 Å². The molecule has 0 unspecified atom stereocenters. The zero-order valence-electron chi connectivity index (χ0n) is 14.1. The predicted molar refractivity (Wildman–Crippen MR) is 102 cm³/mol. The third-order valence-electron chi connectivity index (χ3n) is 4.42. The highest BCUT2D eigenvalue weighted by Crippen LogP contribution is 2.22. The van der Waals surface area contributed by atoms with Gasteiger partial charge in [-0.25, -0.2) is 0 Å². The van der Waals surface area contributed by atoms with E-state index in [1.54, 1.807) is 0 Å². The van der Waals surface area contributed by atoms with Crippen molar-refractivity contribution in [3.63, 3.8) is 0 Å². The molecule has 2 aromatic rings. The maximum absolute atomic E-state index is 12.5. The fourth-order valence-electron chi connectivity index (χ4n) is 2.94. The van der Waals surface area contributed by atoms with E-state index in [1.165, 1.54) is 11.1 Å². The Balaban J connectivity index is 0.00000208. The third kappa shape index (κ3) is 4.08. The Hall–Kier alpha value is -2.04. The van der Waals surface area contributed by atoms with Crippen molar-refractivity contribution in [1.29, 1.82) is 0 Å². The summed E-state index contributed by atoms with van der Waals surface area (Å²) in [4.78, 5) is 14.6. The molecule has 0 aliphatic carbocycles. The first-order chi connectivity index (χ1) is 11.1. The smallest absolute Gasteiger partial charge is 0.243 e. The second kappa shape index (κ2) is 8.18. The van der Waals surface area contributed by atoms with E-state index >= 15 is 0 Å². The molecule has 1 heterocycles. The van der Waals surface area contributed by atoms with E-state index in [0.717, 1.165) is 36.6 Å². The highest BCUT2D eigenvalue weighted by atomic mass is 35.5. The Morgan fingerprint density at radius 2 is 1.96 bits per heavy atom. The fraction of sp³-hybridized carbons (Fsp3) is 0.316. The van der Waals surface area contributed by atoms with Gasteiger partial charge in [0.05, 0.1) is 6.54 Å². The van der Waals surface area contributed by atoms with E-state index in [1.807, 2.05) is 31.2 Å². The number of amides is 1. The average Bonchev–Trinajstić information content (AvgIpc) is 2.75. The third-order valence-corrected chi connectivity index (χ3v) is 4.42. The summed E-state index contributed by atoms with van der Waals surface area (Å²) in [6.07, 6.45) is 0. The molecule has 0 saturated heterocycles. The van der Waals surface area contributed by atoms with Crippen LogP contribution in [0.3, 0.4) is 0 Å². The number of carbonyl (C=O) groups excluding carboxylic acids is 1. The first-order valence-corrected chi connectivity index (χ1v) is 8.05. The summed E-state index contributed by atoms with van der Waals surface area (Å²) in [5.41, 5.74) is 5.60. The molecular formula is C19H24ClN3O. The highest BCUT2D eigenvalue weighted by molar-refractivity contribution is 5.95. The molecule has 0 spiro atoms. The van der Waals surface area contributed by atoms with Gasteiger partial charge in [-0.3, -0.25) is 4.79 Å². The first-order valence-electron chi connectivity index (χ1n) is 8.05. The average molecular weight is 346 g/mol. The largest absolute Gasteiger partial charge is 0.361 e. The van der Waals surface area contributed by atoms with Crippen LogP contribution in [0, 0.1) is 13.8 Å². The summed E-state index contributed by atoms with van der Waals surface area (Å²) in [6.45, 7) is 7.03. The van der Waals surface area contributed by atoms with Gasteiger partial charge < -0.3 is 15.5 Å². The summed E-state index contributed by atoms with van der Waals surface area (Å²) in [7, 11) is 0. The number of benzene rings is 2. The van der Waals surface area contributed by atoms with Gasteiger partial charge in [0, 0.05) is 31.0 Å². The standard InChI is InChI=1S/C19H23N3O.ClH/c1-14-6-5-8-17(15(14)2)21-19(23)13-22-11-10-20-12-16-7-3-4-9-18(16)22;/h3-9,20H,10-13H2,1-2H3,(H,21,23);1H. The van der Waals surface area contributed by atoms with Crippen LogP contribution in [-0.2, 0) is 11.3 Å². The van der Waals surface area contributed by atoms with Crippen LogP contribution < -0.4 is 15.5 Å². The van der Waals surface area contributed by atoms with Gasteiger partial charge in [0.2, 0.25) is 5.91 Å². The first kappa shape index (κ1) is 18.3. The molecule has 0 saturated carbocycles. The fourth-order valence-corrected chi connectivity index (χ4v) is 2.94. The van der Waals surface area contributed by atoms with Crippen molar-refractivity contribution in [2.24, 2.45) is 0 Å². The Morgan fingerprint density at radius 3 is 2.79 bits per heavy atom. The van der Waals surface area contributed by atoms with Crippen LogP contribution in [0.5, 0.6) is 0 Å². The summed E-state index contributed by atoms with van der Waals surface area (Å²) in [5.74, 6) is 0.0235. The van der Waals surface area contributed by atoms with E-state index in [4.69, 9.17) is 0 Å². The van der Waals surface area contributed by atoms with E-state index < -0.39 is 0 Å². The number of hydrogen-bond acceptors (Lipinski definition) is 3. The van der Waals surface area contributed by atoms with Crippen molar-refractivity contribution < 1.29 is 4.79 Å². The van der Waals surface area contributed by atoms with Gasteiger partial charge in [-0.1, -0.05) is 30.3 Å². The van der Waals surface area contributed by atoms with Crippen LogP contribution in [0.2, 0.25) is 0 Å². The monoisotopic (exact) mass is 345 g/mol. The van der Waals surface area contributed by atoms with Gasteiger partial charge in [-0.15, -0.1) is 12.4 Å². The Bertz CT molecular complexity index is 718. The molecule has 128 valence electrons. The SMILES string of the molecule is Cc1cccc(NC(=O)CN2CCNCc3ccccc32)c1C.Cl. The minimum Gasteiger partial charge on any atom is -0.361 e. The molecule has 0 bridgehead atoms. The number of para-hydroxylation sites is 1. The highest BCUT2D eigenvalue weighted by Gasteiger charge is 2.17. The van der Waals surface area contributed by atoms with Crippen molar-refractivity contribution in [2.45, 2.75) is 20.4 Å². The van der Waals surface area contributed by atoms with Gasteiger partial charge >= 0.3 is 0 Å². The number of aryl methyl sites for hydroxylation is 1. The van der Waals surface area contributed by atoms with Crippen LogP contribution in [0.15, 0.2) is 42.5 Å². The summed E-state index contributed by atoms with van der Waals surface area (Å²) in [6, 6.07) is 14.3. The van der Waals surface area contributed by atoms with Gasteiger partial charge in [-0.2, -0.15) is 0 Å². The van der Waals surface area contributed by atoms with E-state index in [9.17, 15) is 4.79 Å². The lowest BCUT2D eigenvalue weighted by atomic mass is 10.1. The van der Waals surface area contributed by atoms with Crippen molar-refractivity contribution in [3.05, 3.63) is 59.2 Å². The lowest BCUT2D eigenvalue weighted by Gasteiger charge is -2.24. The predicted octanol–water partition coefficient (Wildman–Crippen LogP) is 3.27. The molecule has 0 aromatic heterocycles. The quantitative estimate of drug-likeness (QED) is 0.897. The van der Waals surface area contributed by atoms with Crippen LogP contribution in [-0.4, -0.2) is 25.5 Å². The van der Waals surface area contributed by atoms with Crippen molar-refractivity contribution in [1.82, 2.24) is 5.32 Å². The molecular weight excluding hydrogens is 322 g/mol. The topological polar surface area (TPSA) is 44.4 Å². The molecule has 1 aliphatic rings. The zero-order valence-corrected chi connectivity index (χ0v) is 15.0. The minimum absolute atomic E-state index is 0. The van der Waals surface area contributed by atoms with Crippen LogP contribution in [0.1, 0.15) is 16.7 Å². The number of nitrogens with one attached hydrogen (secondary N) is 2. The van der Waals surface area contributed by atoms with Crippen molar-refractivity contribution in [3.8, 4) is 0 Å². The van der Waals surface area contributed by atoms with Crippen molar-refractivity contribution >= 4 is 29.7 Å². The van der Waals surface area contributed by atoms with E-state index in [2.05, 4.69) is 40.7 Å². The molecule has 0 atom stereocenters. The summed E-state index contributed by atoms with van der Waals surface area (Å²) >= 11 is 0. The number of carbonyl (C=O) groups is 1. The summed E-state index contributed by atoms with van der Waals surface area (Å²) in [5, 5.41) is 6.45. The molecule has 4 nitrogen and oxygen atoms in total. The zero-order chi connectivity index (χ0) is 16.2. The van der Waals surface area contributed by atoms with Crippen LogP contribution in [0.4, 0.5) is 11.4 Å². The van der Waals surface area contributed by atoms with Gasteiger partial charge in [0.15, 0.2) is 0 Å². The lowest BCUT2D eigenvalue weighted by molar-refractivity contribution is -0.115. The second-order valence-electron chi connectivity index (χ2n) is 6.02. The number of rotatable bonds is 3. The number of nitrogens with zero attached hydrogens (tertiary/aromatic N) is 1. The molecule has 5 heteroatoms. The van der Waals surface area contributed by atoms with E-state index in [0.29, 0.717) is 6.54 Å². The van der Waals surface area contributed by atoms with Crippen LogP contribution in [0.25, 0.3) is 0 Å². The van der Waals surface area contributed by atoms with Gasteiger partial charge in [0.1, 0.15) is 0 Å². The van der Waals surface area contributed by atoms with Crippen LogP contribution >= 0.6 is 12.4 Å². The minimum atomic E-state index is 0. The molecule has 0 radical (unpaired) electrons. The molecule has 3 rings (SSSR count). The Kier molecular flexibility index (Phi) is 6.23. The molecule has 2 aromatic carbocycles. The Morgan fingerprint density at radius 1 is 1.17 bits per heavy atom. The maximum atomic E-state index is 12.5. The normalized spacial score (nSPS) is 13.5. The molecule has 1 aliphatic heterocycles. The number of hydrogen-bond donors (Lipinski definition) is 2.